The van der Waals surface area contributed by atoms with E-state index in [9.17, 15) is 8.78 Å². The summed E-state index contributed by atoms with van der Waals surface area (Å²) in [6, 6.07) is 3.42. The highest BCUT2D eigenvalue weighted by molar-refractivity contribution is 6.12. The zero-order chi connectivity index (χ0) is 8.43. The van der Waals surface area contributed by atoms with E-state index in [-0.39, 0.29) is 11.4 Å². The fraction of sp³-hybridized carbons (Fsp3) is 0.250. The first-order chi connectivity index (χ1) is 5.11. The van der Waals surface area contributed by atoms with Crippen LogP contribution in [-0.4, -0.2) is 10.2 Å². The molecule has 0 amide bonds. The molecule has 0 saturated carbocycles. The summed E-state index contributed by atoms with van der Waals surface area (Å²) in [5.74, 6) is -0.791. The molecule has 1 unspecified atom stereocenters. The van der Waals surface area contributed by atoms with Crippen LogP contribution in [0.4, 0.5) is 8.78 Å². The molecule has 0 heterocycles. The van der Waals surface area contributed by atoms with Gasteiger partial charge in [-0.25, -0.2) is 8.78 Å². The van der Waals surface area contributed by atoms with Gasteiger partial charge in [-0.2, -0.15) is 0 Å². The van der Waals surface area contributed by atoms with E-state index in [4.69, 9.17) is 0 Å². The molecule has 0 fully saturated rings. The molecule has 0 aliphatic rings. The van der Waals surface area contributed by atoms with Gasteiger partial charge < -0.3 is 0 Å². The van der Waals surface area contributed by atoms with Crippen LogP contribution in [0.3, 0.4) is 0 Å². The van der Waals surface area contributed by atoms with Crippen LogP contribution in [0.1, 0.15) is 18.0 Å². The van der Waals surface area contributed by atoms with E-state index in [0.29, 0.717) is 5.56 Å². The lowest BCUT2D eigenvalue weighted by atomic mass is 10.1. The second-order valence-electron chi connectivity index (χ2n) is 2.39. The molecule has 0 aliphatic carbocycles. The Morgan fingerprint density at radius 3 is 2.45 bits per heavy atom. The van der Waals surface area contributed by atoms with Gasteiger partial charge in [-0.15, -0.1) is 0 Å². The van der Waals surface area contributed by atoms with Crippen molar-refractivity contribution in [3.05, 3.63) is 35.4 Å². The van der Waals surface area contributed by atoms with Gasteiger partial charge in [0.05, 0.1) is 0 Å². The second kappa shape index (κ2) is 3.13. The summed E-state index contributed by atoms with van der Waals surface area (Å²) in [4.78, 5) is 0. The minimum Gasteiger partial charge on any atom is -0.207 e. The van der Waals surface area contributed by atoms with Crippen LogP contribution >= 0.6 is 0 Å². The summed E-state index contributed by atoms with van der Waals surface area (Å²) in [5, 5.41) is 0. The molecule has 0 N–H and O–H groups in total. The van der Waals surface area contributed by atoms with Gasteiger partial charge in [0, 0.05) is 10.2 Å². The zero-order valence-electron chi connectivity index (χ0n) is 6.07. The molecule has 11 heavy (non-hydrogen) atoms. The van der Waals surface area contributed by atoms with E-state index in [1.54, 1.807) is 6.92 Å². The van der Waals surface area contributed by atoms with Crippen molar-refractivity contribution in [2.24, 2.45) is 0 Å². The van der Waals surface area contributed by atoms with Gasteiger partial charge in [-0.05, 0) is 29.3 Å². The Bertz CT molecular complexity index is 258. The molecule has 0 saturated heterocycles. The van der Waals surface area contributed by atoms with Crippen molar-refractivity contribution >= 4 is 10.2 Å². The first-order valence-electron chi connectivity index (χ1n) is 3.27. The Kier molecular flexibility index (Phi) is 2.39. The largest absolute Gasteiger partial charge is 0.207 e. The van der Waals surface area contributed by atoms with E-state index in [1.165, 1.54) is 6.07 Å². The Morgan fingerprint density at radius 2 is 2.00 bits per heavy atom. The SMILES string of the molecule is CC([Si])c1cc(F)ccc1F. The van der Waals surface area contributed by atoms with E-state index in [2.05, 4.69) is 10.2 Å². The van der Waals surface area contributed by atoms with Crippen LogP contribution in [0.25, 0.3) is 0 Å². The number of halogens is 2. The van der Waals surface area contributed by atoms with Crippen LogP contribution in [0.5, 0.6) is 0 Å². The molecule has 0 bridgehead atoms. The molecule has 3 radical (unpaired) electrons. The van der Waals surface area contributed by atoms with Gasteiger partial charge in [-0.3, -0.25) is 0 Å². The zero-order valence-corrected chi connectivity index (χ0v) is 7.07. The Morgan fingerprint density at radius 1 is 1.36 bits per heavy atom. The number of rotatable bonds is 1. The summed E-state index contributed by atoms with van der Waals surface area (Å²) in [5.41, 5.74) is 0.187. The van der Waals surface area contributed by atoms with E-state index in [1.807, 2.05) is 0 Å². The van der Waals surface area contributed by atoms with Crippen molar-refractivity contribution in [1.29, 1.82) is 0 Å². The summed E-state index contributed by atoms with van der Waals surface area (Å²) in [6.07, 6.45) is 0. The van der Waals surface area contributed by atoms with Crippen LogP contribution < -0.4 is 0 Å². The highest BCUT2D eigenvalue weighted by atomic mass is 28.1. The molecule has 0 spiro atoms. The predicted octanol–water partition coefficient (Wildman–Crippen LogP) is 2.19. The van der Waals surface area contributed by atoms with Gasteiger partial charge in [0.1, 0.15) is 11.6 Å². The number of hydrogen-bond acceptors (Lipinski definition) is 0. The Hall–Kier alpha value is -0.703. The average Bonchev–Trinajstić information content (AvgIpc) is 1.94. The standard InChI is InChI=1S/C8H7F2Si/c1-5(11)7-4-6(9)2-3-8(7)10/h2-5H,1H3. The molecule has 1 aromatic carbocycles. The van der Waals surface area contributed by atoms with Crippen molar-refractivity contribution in [2.75, 3.05) is 0 Å². The molecule has 1 aromatic rings. The molecule has 1 rings (SSSR count). The van der Waals surface area contributed by atoms with Gasteiger partial charge in [-0.1, -0.05) is 6.92 Å². The minimum absolute atomic E-state index is 0.161. The summed E-state index contributed by atoms with van der Waals surface area (Å²) >= 11 is 0. The maximum atomic E-state index is 12.8. The van der Waals surface area contributed by atoms with Crippen molar-refractivity contribution in [2.45, 2.75) is 12.5 Å². The van der Waals surface area contributed by atoms with Crippen LogP contribution in [0, 0.1) is 11.6 Å². The van der Waals surface area contributed by atoms with Crippen molar-refractivity contribution in [1.82, 2.24) is 0 Å². The average molecular weight is 169 g/mol. The smallest absolute Gasteiger partial charge is 0.126 e. The molecule has 1 atom stereocenters. The normalized spacial score (nSPS) is 13.1. The maximum Gasteiger partial charge on any atom is 0.126 e. The van der Waals surface area contributed by atoms with E-state index in [0.717, 1.165) is 12.1 Å². The highest BCUT2D eigenvalue weighted by Gasteiger charge is 2.06. The highest BCUT2D eigenvalue weighted by Crippen LogP contribution is 2.16. The number of benzene rings is 1. The quantitative estimate of drug-likeness (QED) is 0.565. The first kappa shape index (κ1) is 8.39. The molecular weight excluding hydrogens is 162 g/mol. The maximum absolute atomic E-state index is 12.8. The molecule has 0 nitrogen and oxygen atoms in total. The lowest BCUT2D eigenvalue weighted by molar-refractivity contribution is 0.585. The predicted molar refractivity (Wildman–Crippen MR) is 40.5 cm³/mol. The topological polar surface area (TPSA) is 0 Å². The summed E-state index contributed by atoms with van der Waals surface area (Å²) < 4.78 is 25.3. The second-order valence-corrected chi connectivity index (χ2v) is 3.25. The third-order valence-corrected chi connectivity index (χ3v) is 1.74. The van der Waals surface area contributed by atoms with Gasteiger partial charge in [0.15, 0.2) is 0 Å². The first-order valence-corrected chi connectivity index (χ1v) is 3.85. The van der Waals surface area contributed by atoms with Crippen molar-refractivity contribution in [3.8, 4) is 0 Å². The lowest BCUT2D eigenvalue weighted by Crippen LogP contribution is -1.96. The lowest BCUT2D eigenvalue weighted by Gasteiger charge is -2.05. The summed E-state index contributed by atoms with van der Waals surface area (Å²) in [7, 11) is 3.21. The third-order valence-electron chi connectivity index (χ3n) is 1.42. The van der Waals surface area contributed by atoms with Crippen LogP contribution in [0.2, 0.25) is 0 Å². The van der Waals surface area contributed by atoms with Gasteiger partial charge in [0.2, 0.25) is 0 Å². The number of hydrogen-bond donors (Lipinski definition) is 0. The molecule has 0 aromatic heterocycles. The fourth-order valence-electron chi connectivity index (χ4n) is 0.846. The van der Waals surface area contributed by atoms with Crippen LogP contribution in [0.15, 0.2) is 18.2 Å². The van der Waals surface area contributed by atoms with Crippen molar-refractivity contribution in [3.63, 3.8) is 0 Å². The van der Waals surface area contributed by atoms with E-state index >= 15 is 0 Å². The molecule has 0 aliphatic heterocycles. The molecular formula is C8H7F2Si. The van der Waals surface area contributed by atoms with Crippen LogP contribution in [-0.2, 0) is 0 Å². The van der Waals surface area contributed by atoms with Crippen molar-refractivity contribution < 1.29 is 8.78 Å². The van der Waals surface area contributed by atoms with E-state index < -0.39 is 5.82 Å². The van der Waals surface area contributed by atoms with Gasteiger partial charge in [0.25, 0.3) is 0 Å². The summed E-state index contributed by atoms with van der Waals surface area (Å²) in [6.45, 7) is 1.74. The minimum atomic E-state index is -0.411. The third kappa shape index (κ3) is 1.86. The Labute approximate surface area is 67.7 Å². The fourth-order valence-corrected chi connectivity index (χ4v) is 1.07. The molecule has 57 valence electrons. The van der Waals surface area contributed by atoms with Gasteiger partial charge >= 0.3 is 0 Å². The monoisotopic (exact) mass is 169 g/mol. The molecule has 3 heteroatoms. The Balaban J connectivity index is 3.13.